The van der Waals surface area contributed by atoms with Gasteiger partial charge >= 0.3 is 0 Å². The van der Waals surface area contributed by atoms with Crippen LogP contribution in [-0.2, 0) is 0 Å². The van der Waals surface area contributed by atoms with Crippen LogP contribution in [0, 0.1) is 0 Å². The molecule has 80 heavy (non-hydrogen) atoms. The molecule has 17 aromatic rings. The van der Waals surface area contributed by atoms with Gasteiger partial charge in [-0.15, -0.1) is 0 Å². The van der Waals surface area contributed by atoms with Crippen LogP contribution in [0.25, 0.3) is 143 Å². The molecule has 0 saturated heterocycles. The molecule has 0 aliphatic heterocycles. The minimum Gasteiger partial charge on any atom is -0.309 e. The second-order valence-electron chi connectivity index (χ2n) is 20.5. The Kier molecular flexibility index (Phi) is 10.5. The Hall–Kier alpha value is -10.8. The number of pyridine rings is 2. The molecule has 0 N–H and O–H groups in total. The lowest BCUT2D eigenvalue weighted by atomic mass is 10.0. The summed E-state index contributed by atoms with van der Waals surface area (Å²) in [7, 11) is 0. The summed E-state index contributed by atoms with van der Waals surface area (Å²) in [6, 6.07) is 99.5. The van der Waals surface area contributed by atoms with Gasteiger partial charge in [0.1, 0.15) is 0 Å². The molecule has 0 radical (unpaired) electrons. The number of nitrogens with zero attached hydrogens (tertiary/aromatic N) is 6. The number of hydrogen-bond acceptors (Lipinski definition) is 2. The molecule has 6 heterocycles. The van der Waals surface area contributed by atoms with Crippen LogP contribution in [0.2, 0.25) is 0 Å². The highest BCUT2D eigenvalue weighted by atomic mass is 15.0. The fraction of sp³-hybridized carbons (Fsp3) is 0. The van der Waals surface area contributed by atoms with Crippen molar-refractivity contribution in [2.75, 3.05) is 0 Å². The topological polar surface area (TPSA) is 45.5 Å². The van der Waals surface area contributed by atoms with Crippen LogP contribution >= 0.6 is 0 Å². The fourth-order valence-electron chi connectivity index (χ4n) is 12.7. The maximum Gasteiger partial charge on any atom is 0.0802 e. The van der Waals surface area contributed by atoms with Crippen molar-refractivity contribution in [3.05, 3.63) is 291 Å². The van der Waals surface area contributed by atoms with E-state index in [0.717, 1.165) is 50.6 Å². The zero-order valence-electron chi connectivity index (χ0n) is 43.4. The van der Waals surface area contributed by atoms with Crippen molar-refractivity contribution >= 4 is 98.0 Å². The molecule has 11 aromatic carbocycles. The Bertz CT molecular complexity index is 5240. The Labute approximate surface area is 460 Å². The third-order valence-corrected chi connectivity index (χ3v) is 16.1. The summed E-state index contributed by atoms with van der Waals surface area (Å²) in [6.45, 7) is 0. The molecule has 6 aromatic heterocycles. The Morgan fingerprint density at radius 2 is 0.562 bits per heavy atom. The van der Waals surface area contributed by atoms with E-state index < -0.39 is 0 Å². The van der Waals surface area contributed by atoms with E-state index in [1.54, 1.807) is 0 Å². The van der Waals surface area contributed by atoms with Crippen molar-refractivity contribution in [1.29, 1.82) is 0 Å². The van der Waals surface area contributed by atoms with Crippen LogP contribution in [0.15, 0.2) is 291 Å². The molecule has 6 heteroatoms. The van der Waals surface area contributed by atoms with E-state index in [1.165, 1.54) is 92.6 Å². The van der Waals surface area contributed by atoms with Crippen molar-refractivity contribution in [2.24, 2.45) is 0 Å². The summed E-state index contributed by atoms with van der Waals surface area (Å²) in [4.78, 5) is 9.97. The largest absolute Gasteiger partial charge is 0.309 e. The average molecular weight is 1020 g/mol. The van der Waals surface area contributed by atoms with Gasteiger partial charge in [-0.05, 0) is 120 Å². The molecule has 17 rings (SSSR count). The van der Waals surface area contributed by atoms with Gasteiger partial charge in [-0.3, -0.25) is 9.97 Å². The zero-order chi connectivity index (χ0) is 52.7. The van der Waals surface area contributed by atoms with Crippen LogP contribution < -0.4 is 0 Å². The predicted molar refractivity (Wildman–Crippen MR) is 334 cm³/mol. The molecule has 6 nitrogen and oxygen atoms in total. The molecule has 0 spiro atoms. The van der Waals surface area contributed by atoms with Crippen LogP contribution in [-0.4, -0.2) is 28.2 Å². The van der Waals surface area contributed by atoms with E-state index in [0.29, 0.717) is 0 Å². The highest BCUT2D eigenvalue weighted by Gasteiger charge is 2.21. The summed E-state index contributed by atoms with van der Waals surface area (Å²) in [5, 5.41) is 12.2. The summed E-state index contributed by atoms with van der Waals surface area (Å²) >= 11 is 0. The monoisotopic (exact) mass is 1020 g/mol. The number of fused-ring (bicyclic) bond motifs is 13. The van der Waals surface area contributed by atoms with Gasteiger partial charge in [0.15, 0.2) is 0 Å². The van der Waals surface area contributed by atoms with Crippen LogP contribution in [0.5, 0.6) is 0 Å². The van der Waals surface area contributed by atoms with E-state index >= 15 is 0 Å². The maximum atomic E-state index is 5.00. The van der Waals surface area contributed by atoms with Crippen LogP contribution in [0.3, 0.4) is 0 Å². The number of hydrogen-bond donors (Lipinski definition) is 0. The third kappa shape index (κ3) is 7.13. The third-order valence-electron chi connectivity index (χ3n) is 16.1. The second-order valence-corrected chi connectivity index (χ2v) is 20.5. The lowest BCUT2D eigenvalue weighted by Gasteiger charge is -2.10. The molecule has 0 amide bonds. The first-order valence-corrected chi connectivity index (χ1v) is 27.2. The average Bonchev–Trinajstić information content (AvgIpc) is 4.47. The zero-order valence-corrected chi connectivity index (χ0v) is 43.4. The van der Waals surface area contributed by atoms with Gasteiger partial charge in [-0.2, -0.15) is 0 Å². The van der Waals surface area contributed by atoms with Gasteiger partial charge in [-0.25, -0.2) is 0 Å². The molecule has 0 aliphatic carbocycles. The highest BCUT2D eigenvalue weighted by molar-refractivity contribution is 6.18. The van der Waals surface area contributed by atoms with Crippen molar-refractivity contribution in [2.45, 2.75) is 0 Å². The normalized spacial score (nSPS) is 11.8. The minimum atomic E-state index is 1.00. The lowest BCUT2D eigenvalue weighted by Crippen LogP contribution is -1.94. The lowest BCUT2D eigenvalue weighted by molar-refractivity contribution is 1.17. The highest BCUT2D eigenvalue weighted by Crippen LogP contribution is 2.43. The first-order chi connectivity index (χ1) is 39.7. The molecule has 0 unspecified atom stereocenters. The Morgan fingerprint density at radius 3 is 1.02 bits per heavy atom. The van der Waals surface area contributed by atoms with Crippen LogP contribution in [0.4, 0.5) is 0 Å². The van der Waals surface area contributed by atoms with Gasteiger partial charge in [-0.1, -0.05) is 170 Å². The van der Waals surface area contributed by atoms with E-state index in [1.807, 2.05) is 12.4 Å². The van der Waals surface area contributed by atoms with Gasteiger partial charge < -0.3 is 18.3 Å². The smallest absolute Gasteiger partial charge is 0.0802 e. The predicted octanol–water partition coefficient (Wildman–Crippen LogP) is 19.0. The van der Waals surface area contributed by atoms with E-state index in [-0.39, 0.29) is 0 Å². The summed E-state index contributed by atoms with van der Waals surface area (Å²) in [5.74, 6) is 0. The molecule has 0 bridgehead atoms. The van der Waals surface area contributed by atoms with Crippen molar-refractivity contribution < 1.29 is 0 Å². The molecule has 0 atom stereocenters. The summed E-state index contributed by atoms with van der Waals surface area (Å²) < 4.78 is 9.43. The first kappa shape index (κ1) is 45.4. The van der Waals surface area contributed by atoms with Gasteiger partial charge in [0.2, 0.25) is 0 Å². The quantitative estimate of drug-likeness (QED) is 0.167. The van der Waals surface area contributed by atoms with Gasteiger partial charge in [0, 0.05) is 89.4 Å². The molecule has 0 aliphatic rings. The number of benzene rings is 11. The van der Waals surface area contributed by atoms with Crippen molar-refractivity contribution in [3.8, 4) is 45.3 Å². The Balaban J connectivity index is 0.000000133. The summed E-state index contributed by atoms with van der Waals surface area (Å²) in [6.07, 6.45) is 3.88. The molecule has 0 fully saturated rings. The Morgan fingerprint density at radius 1 is 0.212 bits per heavy atom. The molecule has 0 saturated carbocycles. The van der Waals surface area contributed by atoms with Crippen molar-refractivity contribution in [1.82, 2.24) is 28.2 Å². The first-order valence-electron chi connectivity index (χ1n) is 27.2. The molecular formula is C74H48N6. The van der Waals surface area contributed by atoms with E-state index in [4.69, 9.17) is 9.97 Å². The van der Waals surface area contributed by atoms with Crippen molar-refractivity contribution in [3.63, 3.8) is 0 Å². The SMILES string of the molecule is c1ccc(-n2c3ccccc3c3c(-c4ccc5c(c4)c4ccccc4n5-c4ccc5ccccc5c4)nccc32)cc1.c1ccc(-n2c3ccccc3c3cc(-c4nccc5c4c4ccccc4n5-c4ccccc4)ccc32)cc1. The molecule has 374 valence electrons. The number of rotatable bonds is 6. The number of para-hydroxylation sites is 7. The maximum absolute atomic E-state index is 5.00. The van der Waals surface area contributed by atoms with Gasteiger partial charge in [0.05, 0.1) is 55.5 Å². The van der Waals surface area contributed by atoms with E-state index in [9.17, 15) is 0 Å². The fourth-order valence-corrected chi connectivity index (χ4v) is 12.7. The number of aromatic nitrogens is 6. The minimum absolute atomic E-state index is 1.00. The van der Waals surface area contributed by atoms with Crippen LogP contribution in [0.1, 0.15) is 0 Å². The standard InChI is InChI=1S/C39H25N3.C35H23N3/c1-2-12-29(13-3-1)41-35-17-9-7-15-32(35)38-37(41)22-23-40-39(38)28-19-21-36-33(25-28)31-14-6-8-16-34(31)42(36)30-20-18-26-10-4-5-11-27(26)24-30;1-3-11-25(12-4-1)37-30-17-9-7-15-27(30)29-23-24(19-20-32(29)37)35-34-28-16-8-10-18-31(28)38(33(34)21-22-36-35)26-13-5-2-6-14-26/h1-25H;1-23H. The second kappa shape index (κ2) is 18.4. The summed E-state index contributed by atoms with van der Waals surface area (Å²) in [5.41, 5.74) is 18.4. The van der Waals surface area contributed by atoms with Gasteiger partial charge in [0.25, 0.3) is 0 Å². The van der Waals surface area contributed by atoms with E-state index in [2.05, 4.69) is 297 Å². The molecular weight excluding hydrogens is 973 g/mol.